The van der Waals surface area contributed by atoms with Crippen LogP contribution in [-0.2, 0) is 9.53 Å². The lowest BCUT2D eigenvalue weighted by Gasteiger charge is -2.27. The summed E-state index contributed by atoms with van der Waals surface area (Å²) in [5.74, 6) is 1.50. The molecule has 0 aliphatic heterocycles. The summed E-state index contributed by atoms with van der Waals surface area (Å²) in [6.45, 7) is 13.7. The third kappa shape index (κ3) is 7.10. The molecule has 0 saturated carbocycles. The van der Waals surface area contributed by atoms with Gasteiger partial charge >= 0.3 is 5.97 Å². The van der Waals surface area contributed by atoms with Crippen LogP contribution in [-0.4, -0.2) is 45.0 Å². The third-order valence-electron chi connectivity index (χ3n) is 7.74. The smallest absolute Gasteiger partial charge is 0.314 e. The Bertz CT molecular complexity index is 1650. The Morgan fingerprint density at radius 3 is 1.86 bits per heavy atom. The number of methoxy groups -OCH3 is 1. The van der Waals surface area contributed by atoms with E-state index in [9.17, 15) is 15.0 Å². The predicted octanol–water partition coefficient (Wildman–Crippen LogP) is 7.56. The van der Waals surface area contributed by atoms with Gasteiger partial charge in [0.25, 0.3) is 0 Å². The number of ether oxygens (including phenoxy) is 3. The van der Waals surface area contributed by atoms with E-state index < -0.39 is 5.41 Å². The first-order valence-corrected chi connectivity index (χ1v) is 14.7. The molecule has 4 rings (SSSR count). The molecule has 0 aliphatic rings. The van der Waals surface area contributed by atoms with Crippen LogP contribution in [0.5, 0.6) is 23.0 Å². The van der Waals surface area contributed by atoms with Crippen molar-refractivity contribution in [3.63, 3.8) is 0 Å². The Hall–Kier alpha value is -4.66. The number of esters is 1. The monoisotopic (exact) mass is 599 g/mol. The molecule has 1 atom stereocenters. The van der Waals surface area contributed by atoms with Crippen LogP contribution in [0.1, 0.15) is 57.2 Å². The predicted molar refractivity (Wildman–Crippen MR) is 170 cm³/mol. The molecule has 2 N–H and O–H groups in total. The van der Waals surface area contributed by atoms with Gasteiger partial charge in [-0.3, -0.25) is 4.79 Å². The summed E-state index contributed by atoms with van der Waals surface area (Å²) in [5.41, 5.74) is 4.06. The molecule has 9 nitrogen and oxygen atoms in total. The van der Waals surface area contributed by atoms with Crippen LogP contribution in [0.3, 0.4) is 0 Å². The van der Waals surface area contributed by atoms with Crippen molar-refractivity contribution in [1.29, 1.82) is 0 Å². The van der Waals surface area contributed by atoms with Gasteiger partial charge in [-0.05, 0) is 81.8 Å². The summed E-state index contributed by atoms with van der Waals surface area (Å²) >= 11 is 0. The van der Waals surface area contributed by atoms with Crippen molar-refractivity contribution in [2.75, 3.05) is 13.9 Å². The molecule has 44 heavy (non-hydrogen) atoms. The number of benzene rings is 3. The van der Waals surface area contributed by atoms with Crippen LogP contribution < -0.4 is 9.47 Å². The summed E-state index contributed by atoms with van der Waals surface area (Å²) in [4.78, 5) is 26.9. The number of carbonyl (C=O) groups excluding carboxylic acids is 1. The number of rotatable bonds is 11. The zero-order valence-corrected chi connectivity index (χ0v) is 26.7. The van der Waals surface area contributed by atoms with Crippen molar-refractivity contribution in [3.8, 4) is 57.2 Å². The molecular formula is C35H41N3O6. The lowest BCUT2D eigenvalue weighted by atomic mass is 9.80. The van der Waals surface area contributed by atoms with Crippen LogP contribution in [0.2, 0.25) is 0 Å². The van der Waals surface area contributed by atoms with Crippen LogP contribution in [0.15, 0.2) is 48.5 Å². The van der Waals surface area contributed by atoms with E-state index >= 15 is 0 Å². The molecule has 9 heteroatoms. The Morgan fingerprint density at radius 2 is 1.36 bits per heavy atom. The first kappa shape index (κ1) is 32.3. The molecule has 1 heterocycles. The van der Waals surface area contributed by atoms with Gasteiger partial charge in [0, 0.05) is 17.7 Å². The standard InChI is InChI=1S/C35H41N3O6/c1-9-35(7,18-20(2)3)34(41)44-19-43-25-11-13-27(29(40)17-25)32-36-31(26-12-10-24(42-8)16-28(26)39)37-33(38-32)30-22(5)14-21(4)15-23(30)6/h10-17,20,39-40H,9,18-19H2,1-8H3. The molecule has 0 bridgehead atoms. The molecule has 0 radical (unpaired) electrons. The molecule has 1 aromatic heterocycles. The average Bonchev–Trinajstić information content (AvgIpc) is 2.96. The van der Waals surface area contributed by atoms with Gasteiger partial charge in [0.2, 0.25) is 6.79 Å². The molecule has 0 spiro atoms. The number of carbonyl (C=O) groups is 1. The van der Waals surface area contributed by atoms with E-state index in [-0.39, 0.29) is 35.9 Å². The van der Waals surface area contributed by atoms with Gasteiger partial charge in [0.1, 0.15) is 23.0 Å². The normalized spacial score (nSPS) is 12.6. The highest BCUT2D eigenvalue weighted by atomic mass is 16.7. The van der Waals surface area contributed by atoms with Crippen molar-refractivity contribution in [1.82, 2.24) is 15.0 Å². The first-order valence-electron chi connectivity index (χ1n) is 14.7. The Kier molecular flexibility index (Phi) is 9.77. The number of nitrogens with zero attached hydrogens (tertiary/aromatic N) is 3. The van der Waals surface area contributed by atoms with Gasteiger partial charge in [-0.25, -0.2) is 15.0 Å². The van der Waals surface area contributed by atoms with Gasteiger partial charge in [0.15, 0.2) is 17.5 Å². The topological polar surface area (TPSA) is 124 Å². The summed E-state index contributed by atoms with van der Waals surface area (Å²) in [6.07, 6.45) is 1.37. The van der Waals surface area contributed by atoms with Gasteiger partial charge < -0.3 is 24.4 Å². The number of phenolic OH excluding ortho intramolecular Hbond substituents is 2. The number of aryl methyl sites for hydroxylation is 3. The van der Waals surface area contributed by atoms with Crippen molar-refractivity contribution < 1.29 is 29.2 Å². The highest BCUT2D eigenvalue weighted by Crippen LogP contribution is 2.37. The largest absolute Gasteiger partial charge is 0.507 e. The molecule has 3 aromatic carbocycles. The number of hydrogen-bond donors (Lipinski definition) is 2. The van der Waals surface area contributed by atoms with Crippen molar-refractivity contribution in [2.24, 2.45) is 11.3 Å². The zero-order valence-electron chi connectivity index (χ0n) is 26.7. The fourth-order valence-electron chi connectivity index (χ4n) is 5.48. The quantitative estimate of drug-likeness (QED) is 0.133. The van der Waals surface area contributed by atoms with Crippen LogP contribution in [0, 0.1) is 32.1 Å². The lowest BCUT2D eigenvalue weighted by molar-refractivity contribution is -0.163. The summed E-state index contributed by atoms with van der Waals surface area (Å²) < 4.78 is 16.3. The van der Waals surface area contributed by atoms with Crippen LogP contribution >= 0.6 is 0 Å². The maximum atomic E-state index is 12.8. The number of aromatic hydroxyl groups is 2. The molecule has 0 amide bonds. The van der Waals surface area contributed by atoms with E-state index in [4.69, 9.17) is 24.2 Å². The van der Waals surface area contributed by atoms with Crippen molar-refractivity contribution in [3.05, 3.63) is 65.2 Å². The molecule has 0 saturated heterocycles. The third-order valence-corrected chi connectivity index (χ3v) is 7.74. The second-order valence-electron chi connectivity index (χ2n) is 11.8. The second-order valence-corrected chi connectivity index (χ2v) is 11.8. The minimum Gasteiger partial charge on any atom is -0.507 e. The summed E-state index contributed by atoms with van der Waals surface area (Å²) in [7, 11) is 1.52. The van der Waals surface area contributed by atoms with E-state index in [0.29, 0.717) is 47.2 Å². The SMILES string of the molecule is CCC(C)(CC(C)C)C(=O)OCOc1ccc(-c2nc(-c3ccc(OC)cc3O)nc(-c3c(C)cc(C)cc3C)n2)c(O)c1. The van der Waals surface area contributed by atoms with E-state index in [1.807, 2.05) is 34.6 Å². The van der Waals surface area contributed by atoms with E-state index in [2.05, 4.69) is 31.0 Å². The molecule has 0 aliphatic carbocycles. The number of hydrogen-bond acceptors (Lipinski definition) is 9. The summed E-state index contributed by atoms with van der Waals surface area (Å²) in [5, 5.41) is 21.8. The fraction of sp³-hybridized carbons (Fsp3) is 0.371. The van der Waals surface area contributed by atoms with Crippen molar-refractivity contribution >= 4 is 5.97 Å². The minimum absolute atomic E-state index is 0.0557. The van der Waals surface area contributed by atoms with Gasteiger partial charge in [0.05, 0.1) is 23.7 Å². The van der Waals surface area contributed by atoms with Gasteiger partial charge in [-0.15, -0.1) is 0 Å². The average molecular weight is 600 g/mol. The molecule has 0 fully saturated rings. The highest BCUT2D eigenvalue weighted by Gasteiger charge is 2.33. The molecule has 1 unspecified atom stereocenters. The first-order chi connectivity index (χ1) is 20.8. The minimum atomic E-state index is -0.593. The molecule has 232 valence electrons. The van der Waals surface area contributed by atoms with Crippen molar-refractivity contribution in [2.45, 2.75) is 61.3 Å². The van der Waals surface area contributed by atoms with E-state index in [1.54, 1.807) is 24.3 Å². The zero-order chi connectivity index (χ0) is 32.2. The van der Waals surface area contributed by atoms with E-state index in [1.165, 1.54) is 19.2 Å². The fourth-order valence-corrected chi connectivity index (χ4v) is 5.48. The van der Waals surface area contributed by atoms with Crippen LogP contribution in [0.4, 0.5) is 0 Å². The molecule has 4 aromatic rings. The maximum absolute atomic E-state index is 12.8. The van der Waals surface area contributed by atoms with Gasteiger partial charge in [-0.1, -0.05) is 38.5 Å². The summed E-state index contributed by atoms with van der Waals surface area (Å²) in [6, 6.07) is 13.7. The number of phenols is 2. The Labute approximate surface area is 258 Å². The Morgan fingerprint density at radius 1 is 0.841 bits per heavy atom. The second kappa shape index (κ2) is 13.3. The van der Waals surface area contributed by atoms with E-state index in [0.717, 1.165) is 22.3 Å². The Balaban J connectivity index is 1.69. The highest BCUT2D eigenvalue weighted by molar-refractivity contribution is 5.76. The lowest BCUT2D eigenvalue weighted by Crippen LogP contribution is -2.31. The number of aromatic nitrogens is 3. The maximum Gasteiger partial charge on any atom is 0.314 e. The van der Waals surface area contributed by atoms with Gasteiger partial charge in [-0.2, -0.15) is 0 Å². The molecular weight excluding hydrogens is 558 g/mol. The van der Waals surface area contributed by atoms with Crippen LogP contribution in [0.25, 0.3) is 34.2 Å².